The zero-order valence-corrected chi connectivity index (χ0v) is 19.7. The number of methoxy groups -OCH3 is 1. The third-order valence-electron chi connectivity index (χ3n) is 5.82. The highest BCUT2D eigenvalue weighted by atomic mass is 16.5. The first-order valence-corrected chi connectivity index (χ1v) is 11.5. The van der Waals surface area contributed by atoms with Crippen LogP contribution in [0.1, 0.15) is 18.2 Å². The first-order valence-electron chi connectivity index (χ1n) is 11.5. The van der Waals surface area contributed by atoms with Crippen molar-refractivity contribution in [2.45, 2.75) is 20.0 Å². The summed E-state index contributed by atoms with van der Waals surface area (Å²) < 4.78 is 11.3. The van der Waals surface area contributed by atoms with Gasteiger partial charge in [-0.2, -0.15) is 0 Å². The maximum Gasteiger partial charge on any atom is 0.151 e. The van der Waals surface area contributed by atoms with Crippen molar-refractivity contribution in [3.05, 3.63) is 66.5 Å². The van der Waals surface area contributed by atoms with E-state index in [1.165, 1.54) is 6.33 Å². The van der Waals surface area contributed by atoms with Gasteiger partial charge in [-0.25, -0.2) is 9.97 Å². The Kier molecular flexibility index (Phi) is 6.40. The molecule has 5 aromatic rings. The molecule has 0 amide bonds. The Balaban J connectivity index is 1.37. The summed E-state index contributed by atoms with van der Waals surface area (Å²) in [6.07, 6.45) is 7.78. The average molecular weight is 470 g/mol. The quantitative estimate of drug-likeness (QED) is 0.272. The lowest BCUT2D eigenvalue weighted by atomic mass is 10.1. The fraction of sp³-hybridized carbons (Fsp3) is 0.231. The molecule has 4 heterocycles. The number of nitrogens with two attached hydrogens (primary N) is 1. The predicted molar refractivity (Wildman–Crippen MR) is 137 cm³/mol. The standard InChI is InChI=1S/C26H27N7O2/c1-3-18-9-22(29-6-7-34-2)20-5-4-19(10-23(20)33-18)35-14-16-8-17(12-28-11-16)21-13-30-25-24(21)31-15-32-26(25)27/h4-5,8-13,15,30H,3,6-7,14H2,1-2H3,(H,29,33)(H2,27,31,32). The number of aromatic nitrogens is 5. The van der Waals surface area contributed by atoms with E-state index in [1.54, 1.807) is 19.5 Å². The van der Waals surface area contributed by atoms with Gasteiger partial charge in [0, 0.05) is 71.8 Å². The number of aryl methyl sites for hydroxylation is 1. The van der Waals surface area contributed by atoms with Crippen LogP contribution in [0.4, 0.5) is 11.5 Å². The summed E-state index contributed by atoms with van der Waals surface area (Å²) in [6, 6.07) is 10.1. The van der Waals surface area contributed by atoms with Crippen LogP contribution in [0.3, 0.4) is 0 Å². The molecule has 0 radical (unpaired) electrons. The number of pyridine rings is 2. The maximum absolute atomic E-state index is 6.12. The molecule has 178 valence electrons. The van der Waals surface area contributed by atoms with Gasteiger partial charge in [-0.15, -0.1) is 0 Å². The molecule has 35 heavy (non-hydrogen) atoms. The summed E-state index contributed by atoms with van der Waals surface area (Å²) in [5.74, 6) is 1.17. The molecule has 0 atom stereocenters. The Bertz CT molecular complexity index is 1480. The molecule has 0 aliphatic heterocycles. The fourth-order valence-electron chi connectivity index (χ4n) is 4.03. The minimum absolute atomic E-state index is 0.373. The van der Waals surface area contributed by atoms with Gasteiger partial charge < -0.3 is 25.5 Å². The van der Waals surface area contributed by atoms with E-state index in [9.17, 15) is 0 Å². The van der Waals surface area contributed by atoms with E-state index in [2.05, 4.69) is 38.2 Å². The van der Waals surface area contributed by atoms with Gasteiger partial charge >= 0.3 is 0 Å². The molecule has 4 aromatic heterocycles. The van der Waals surface area contributed by atoms with Crippen LogP contribution in [0.5, 0.6) is 5.75 Å². The monoisotopic (exact) mass is 469 g/mol. The van der Waals surface area contributed by atoms with Gasteiger partial charge in [0.25, 0.3) is 0 Å². The minimum atomic E-state index is 0.373. The van der Waals surface area contributed by atoms with Crippen molar-refractivity contribution in [2.24, 2.45) is 0 Å². The van der Waals surface area contributed by atoms with Crippen molar-refractivity contribution >= 4 is 33.4 Å². The fourth-order valence-corrected chi connectivity index (χ4v) is 4.03. The number of nitrogen functional groups attached to an aromatic ring is 1. The number of rotatable bonds is 9. The number of H-pyrrole nitrogens is 1. The Hall–Kier alpha value is -4.24. The highest BCUT2D eigenvalue weighted by Gasteiger charge is 2.12. The van der Waals surface area contributed by atoms with Crippen LogP contribution >= 0.6 is 0 Å². The lowest BCUT2D eigenvalue weighted by molar-refractivity contribution is 0.211. The number of hydrogen-bond acceptors (Lipinski definition) is 8. The van der Waals surface area contributed by atoms with Crippen LogP contribution in [0.2, 0.25) is 0 Å². The number of benzene rings is 1. The minimum Gasteiger partial charge on any atom is -0.489 e. The second kappa shape index (κ2) is 9.94. The normalized spacial score (nSPS) is 11.3. The van der Waals surface area contributed by atoms with E-state index in [-0.39, 0.29) is 0 Å². The smallest absolute Gasteiger partial charge is 0.151 e. The molecule has 0 unspecified atom stereocenters. The van der Waals surface area contributed by atoms with Crippen molar-refractivity contribution in [2.75, 3.05) is 31.3 Å². The summed E-state index contributed by atoms with van der Waals surface area (Å²) in [5, 5.41) is 4.49. The summed E-state index contributed by atoms with van der Waals surface area (Å²) in [5.41, 5.74) is 13.2. The van der Waals surface area contributed by atoms with Crippen molar-refractivity contribution in [1.29, 1.82) is 0 Å². The molecule has 0 aliphatic rings. The van der Waals surface area contributed by atoms with Gasteiger partial charge in [-0.3, -0.25) is 9.97 Å². The van der Waals surface area contributed by atoms with Crippen molar-refractivity contribution in [3.8, 4) is 16.9 Å². The largest absolute Gasteiger partial charge is 0.489 e. The second-order valence-electron chi connectivity index (χ2n) is 8.17. The van der Waals surface area contributed by atoms with Crippen LogP contribution in [0.25, 0.3) is 33.1 Å². The number of fused-ring (bicyclic) bond motifs is 2. The molecule has 0 saturated carbocycles. The van der Waals surface area contributed by atoms with Crippen LogP contribution in [-0.2, 0) is 17.8 Å². The Morgan fingerprint density at radius 1 is 1.11 bits per heavy atom. The van der Waals surface area contributed by atoms with E-state index in [1.807, 2.05) is 30.5 Å². The van der Waals surface area contributed by atoms with E-state index in [0.717, 1.165) is 68.7 Å². The Morgan fingerprint density at radius 3 is 2.89 bits per heavy atom. The van der Waals surface area contributed by atoms with Crippen molar-refractivity contribution in [3.63, 3.8) is 0 Å². The van der Waals surface area contributed by atoms with E-state index >= 15 is 0 Å². The molecular weight excluding hydrogens is 442 g/mol. The summed E-state index contributed by atoms with van der Waals surface area (Å²) in [7, 11) is 1.70. The third kappa shape index (κ3) is 4.71. The maximum atomic E-state index is 6.12. The molecule has 0 saturated heterocycles. The van der Waals surface area contributed by atoms with Crippen LogP contribution in [0.15, 0.2) is 55.2 Å². The lowest BCUT2D eigenvalue weighted by Gasteiger charge is -2.13. The number of anilines is 2. The van der Waals surface area contributed by atoms with Crippen LogP contribution in [-0.4, -0.2) is 45.2 Å². The number of ether oxygens (including phenoxy) is 2. The number of aromatic amines is 1. The molecule has 9 heteroatoms. The Labute approximate surface area is 202 Å². The molecule has 0 spiro atoms. The number of nitrogens with zero attached hydrogens (tertiary/aromatic N) is 4. The van der Waals surface area contributed by atoms with Gasteiger partial charge in [0.2, 0.25) is 0 Å². The van der Waals surface area contributed by atoms with Crippen LogP contribution < -0.4 is 15.8 Å². The molecule has 9 nitrogen and oxygen atoms in total. The third-order valence-corrected chi connectivity index (χ3v) is 5.82. The van der Waals surface area contributed by atoms with Gasteiger partial charge in [-0.1, -0.05) is 6.92 Å². The van der Waals surface area contributed by atoms with Gasteiger partial charge in [0.15, 0.2) is 5.82 Å². The molecule has 5 rings (SSSR count). The van der Waals surface area contributed by atoms with Gasteiger partial charge in [-0.05, 0) is 30.7 Å². The van der Waals surface area contributed by atoms with E-state index in [4.69, 9.17) is 20.2 Å². The molecule has 4 N–H and O–H groups in total. The summed E-state index contributed by atoms with van der Waals surface area (Å²) in [4.78, 5) is 20.8. The molecule has 0 bridgehead atoms. The SMILES string of the molecule is CCc1cc(NCCOC)c2ccc(OCc3cncc(-c4c[nH]c5c(N)ncnc45)c3)cc2n1. The number of hydrogen-bond donors (Lipinski definition) is 3. The van der Waals surface area contributed by atoms with E-state index < -0.39 is 0 Å². The second-order valence-corrected chi connectivity index (χ2v) is 8.17. The average Bonchev–Trinajstić information content (AvgIpc) is 3.33. The van der Waals surface area contributed by atoms with Crippen LogP contribution in [0, 0.1) is 0 Å². The predicted octanol–water partition coefficient (Wildman–Crippen LogP) is 4.35. The van der Waals surface area contributed by atoms with Crippen molar-refractivity contribution in [1.82, 2.24) is 24.9 Å². The summed E-state index contributed by atoms with van der Waals surface area (Å²) in [6.45, 7) is 3.84. The van der Waals surface area contributed by atoms with Gasteiger partial charge in [0.05, 0.1) is 12.1 Å². The van der Waals surface area contributed by atoms with Gasteiger partial charge in [0.1, 0.15) is 29.7 Å². The summed E-state index contributed by atoms with van der Waals surface area (Å²) >= 11 is 0. The first kappa shape index (κ1) is 22.5. The molecule has 1 aromatic carbocycles. The topological polar surface area (TPSA) is 124 Å². The molecule has 0 fully saturated rings. The van der Waals surface area contributed by atoms with E-state index in [0.29, 0.717) is 19.0 Å². The lowest BCUT2D eigenvalue weighted by Crippen LogP contribution is -2.08. The first-order chi connectivity index (χ1) is 17.2. The van der Waals surface area contributed by atoms with Crippen molar-refractivity contribution < 1.29 is 9.47 Å². The highest BCUT2D eigenvalue weighted by molar-refractivity contribution is 5.96. The molecular formula is C26H27N7O2. The zero-order valence-electron chi connectivity index (χ0n) is 19.7. The Morgan fingerprint density at radius 2 is 2.03 bits per heavy atom. The molecule has 0 aliphatic carbocycles. The highest BCUT2D eigenvalue weighted by Crippen LogP contribution is 2.30. The zero-order chi connectivity index (χ0) is 24.2. The number of nitrogens with one attached hydrogen (secondary N) is 2.